The van der Waals surface area contributed by atoms with Crippen molar-refractivity contribution in [3.05, 3.63) is 35.6 Å². The Hall–Kier alpha value is -1.42. The number of aliphatic hydroxyl groups excluding tert-OH is 1. The molecule has 1 saturated carbocycles. The highest BCUT2D eigenvalue weighted by atomic mass is 19.1. The lowest BCUT2D eigenvalue weighted by atomic mass is 10.1. The molecule has 2 atom stereocenters. The topological polar surface area (TPSA) is 49.3 Å². The largest absolute Gasteiger partial charge is 0.391 e. The quantitative estimate of drug-likeness (QED) is 0.823. The van der Waals surface area contributed by atoms with E-state index in [1.165, 1.54) is 12.1 Å². The van der Waals surface area contributed by atoms with Gasteiger partial charge in [-0.25, -0.2) is 4.39 Å². The van der Waals surface area contributed by atoms with Crippen LogP contribution in [0.3, 0.4) is 0 Å². The van der Waals surface area contributed by atoms with Gasteiger partial charge in [0.2, 0.25) is 5.91 Å². The van der Waals surface area contributed by atoms with Crippen molar-refractivity contribution >= 4 is 5.91 Å². The smallest absolute Gasteiger partial charge is 0.224 e. The molecular formula is C15H20FNO2. The molecule has 3 nitrogen and oxygen atoms in total. The van der Waals surface area contributed by atoms with E-state index in [0.29, 0.717) is 5.56 Å². The van der Waals surface area contributed by atoms with Crippen molar-refractivity contribution in [1.29, 1.82) is 0 Å². The summed E-state index contributed by atoms with van der Waals surface area (Å²) in [6.45, 7) is 0. The summed E-state index contributed by atoms with van der Waals surface area (Å²) < 4.78 is 13.0. The van der Waals surface area contributed by atoms with Crippen molar-refractivity contribution in [2.45, 2.75) is 50.7 Å². The van der Waals surface area contributed by atoms with E-state index in [1.54, 1.807) is 12.1 Å². The molecule has 2 unspecified atom stereocenters. The Kier molecular flexibility index (Phi) is 4.91. The molecule has 1 amide bonds. The Bertz CT molecular complexity index is 436. The van der Waals surface area contributed by atoms with Crippen LogP contribution in [0.5, 0.6) is 0 Å². The van der Waals surface area contributed by atoms with Gasteiger partial charge in [-0.2, -0.15) is 0 Å². The number of halogens is 1. The minimum Gasteiger partial charge on any atom is -0.391 e. The van der Waals surface area contributed by atoms with Crippen molar-refractivity contribution in [2.24, 2.45) is 0 Å². The third-order valence-electron chi connectivity index (χ3n) is 3.58. The predicted molar refractivity (Wildman–Crippen MR) is 71.1 cm³/mol. The Labute approximate surface area is 112 Å². The van der Waals surface area contributed by atoms with Gasteiger partial charge in [0.15, 0.2) is 0 Å². The SMILES string of the molecule is O=C(Cc1cccc(F)c1)NC1CCCCCC1O. The predicted octanol–water partition coefficient (Wildman–Crippen LogP) is 2.18. The van der Waals surface area contributed by atoms with E-state index in [1.807, 2.05) is 0 Å². The third kappa shape index (κ3) is 4.31. The van der Waals surface area contributed by atoms with E-state index < -0.39 is 6.10 Å². The maximum Gasteiger partial charge on any atom is 0.224 e. The first kappa shape index (κ1) is 14.0. The molecule has 1 aromatic rings. The maximum absolute atomic E-state index is 13.0. The van der Waals surface area contributed by atoms with Crippen LogP contribution < -0.4 is 5.32 Å². The minimum atomic E-state index is -0.459. The second-order valence-electron chi connectivity index (χ2n) is 5.19. The molecule has 1 aromatic carbocycles. The van der Waals surface area contributed by atoms with Crippen LogP contribution in [0.25, 0.3) is 0 Å². The second-order valence-corrected chi connectivity index (χ2v) is 5.19. The number of carbonyl (C=O) groups is 1. The van der Waals surface area contributed by atoms with Crippen LogP contribution in [0.2, 0.25) is 0 Å². The van der Waals surface area contributed by atoms with E-state index in [4.69, 9.17) is 0 Å². The fourth-order valence-electron chi connectivity index (χ4n) is 2.55. The monoisotopic (exact) mass is 265 g/mol. The van der Waals surface area contributed by atoms with Gasteiger partial charge in [0, 0.05) is 0 Å². The van der Waals surface area contributed by atoms with Crippen molar-refractivity contribution in [3.63, 3.8) is 0 Å². The molecule has 0 heterocycles. The standard InChI is InChI=1S/C15H20FNO2/c16-12-6-4-5-11(9-12)10-15(19)17-13-7-2-1-3-8-14(13)18/h4-6,9,13-14,18H,1-3,7-8,10H2,(H,17,19). The first-order valence-electron chi connectivity index (χ1n) is 6.87. The molecule has 0 aliphatic heterocycles. The van der Waals surface area contributed by atoms with Gasteiger partial charge in [-0.05, 0) is 30.5 Å². The molecule has 2 N–H and O–H groups in total. The van der Waals surface area contributed by atoms with Crippen LogP contribution in [0.1, 0.15) is 37.7 Å². The van der Waals surface area contributed by atoms with Gasteiger partial charge in [-0.15, -0.1) is 0 Å². The van der Waals surface area contributed by atoms with Crippen LogP contribution in [0.4, 0.5) is 4.39 Å². The van der Waals surface area contributed by atoms with Gasteiger partial charge in [-0.1, -0.05) is 31.4 Å². The van der Waals surface area contributed by atoms with Crippen molar-refractivity contribution in [2.75, 3.05) is 0 Å². The fourth-order valence-corrected chi connectivity index (χ4v) is 2.55. The summed E-state index contributed by atoms with van der Waals surface area (Å²) in [6, 6.07) is 5.88. The minimum absolute atomic E-state index is 0.154. The van der Waals surface area contributed by atoms with E-state index in [0.717, 1.165) is 32.1 Å². The van der Waals surface area contributed by atoms with Crippen LogP contribution in [0, 0.1) is 5.82 Å². The molecule has 0 bridgehead atoms. The van der Waals surface area contributed by atoms with Crippen LogP contribution in [-0.4, -0.2) is 23.2 Å². The van der Waals surface area contributed by atoms with Gasteiger partial charge in [0.1, 0.15) is 5.82 Å². The molecule has 4 heteroatoms. The Morgan fingerprint density at radius 3 is 2.89 bits per heavy atom. The molecule has 0 saturated heterocycles. The molecule has 19 heavy (non-hydrogen) atoms. The Morgan fingerprint density at radius 2 is 2.11 bits per heavy atom. The number of nitrogens with one attached hydrogen (secondary N) is 1. The van der Waals surface area contributed by atoms with E-state index in [2.05, 4.69) is 5.32 Å². The number of hydrogen-bond donors (Lipinski definition) is 2. The van der Waals surface area contributed by atoms with Gasteiger partial charge >= 0.3 is 0 Å². The average molecular weight is 265 g/mol. The third-order valence-corrected chi connectivity index (χ3v) is 3.58. The van der Waals surface area contributed by atoms with Crippen LogP contribution >= 0.6 is 0 Å². The number of aliphatic hydroxyl groups is 1. The summed E-state index contributed by atoms with van der Waals surface area (Å²) in [5.74, 6) is -0.489. The molecule has 0 radical (unpaired) electrons. The number of amides is 1. The molecule has 2 rings (SSSR count). The van der Waals surface area contributed by atoms with Crippen LogP contribution in [0.15, 0.2) is 24.3 Å². The number of rotatable bonds is 3. The summed E-state index contributed by atoms with van der Waals surface area (Å²) in [7, 11) is 0. The first-order valence-corrected chi connectivity index (χ1v) is 6.87. The Morgan fingerprint density at radius 1 is 1.32 bits per heavy atom. The lowest BCUT2D eigenvalue weighted by molar-refractivity contribution is -0.122. The van der Waals surface area contributed by atoms with Gasteiger partial charge in [-0.3, -0.25) is 4.79 Å². The number of hydrogen-bond acceptors (Lipinski definition) is 2. The highest BCUT2D eigenvalue weighted by molar-refractivity contribution is 5.78. The van der Waals surface area contributed by atoms with E-state index in [9.17, 15) is 14.3 Å². The van der Waals surface area contributed by atoms with Gasteiger partial charge in [0.25, 0.3) is 0 Å². The number of benzene rings is 1. The molecule has 1 fully saturated rings. The van der Waals surface area contributed by atoms with E-state index >= 15 is 0 Å². The fraction of sp³-hybridized carbons (Fsp3) is 0.533. The molecular weight excluding hydrogens is 245 g/mol. The summed E-state index contributed by atoms with van der Waals surface area (Å²) in [4.78, 5) is 11.9. The van der Waals surface area contributed by atoms with Gasteiger partial charge < -0.3 is 10.4 Å². The Balaban J connectivity index is 1.89. The van der Waals surface area contributed by atoms with Crippen LogP contribution in [-0.2, 0) is 11.2 Å². The summed E-state index contributed by atoms with van der Waals surface area (Å²) >= 11 is 0. The summed E-state index contributed by atoms with van der Waals surface area (Å²) in [6.07, 6.45) is 4.40. The highest BCUT2D eigenvalue weighted by Gasteiger charge is 2.23. The molecule has 1 aliphatic rings. The molecule has 104 valence electrons. The van der Waals surface area contributed by atoms with Crippen molar-refractivity contribution < 1.29 is 14.3 Å². The van der Waals surface area contributed by atoms with E-state index in [-0.39, 0.29) is 24.2 Å². The molecule has 0 aromatic heterocycles. The van der Waals surface area contributed by atoms with Crippen molar-refractivity contribution in [1.82, 2.24) is 5.32 Å². The normalized spacial score (nSPS) is 23.7. The highest BCUT2D eigenvalue weighted by Crippen LogP contribution is 2.18. The number of carbonyl (C=O) groups excluding carboxylic acids is 1. The first-order chi connectivity index (χ1) is 9.15. The zero-order chi connectivity index (χ0) is 13.7. The van der Waals surface area contributed by atoms with Crippen molar-refractivity contribution in [3.8, 4) is 0 Å². The molecule has 0 spiro atoms. The maximum atomic E-state index is 13.0. The average Bonchev–Trinajstić information content (AvgIpc) is 2.55. The summed E-state index contributed by atoms with van der Waals surface area (Å²) in [5.41, 5.74) is 0.653. The zero-order valence-corrected chi connectivity index (χ0v) is 10.9. The summed E-state index contributed by atoms with van der Waals surface area (Å²) in [5, 5.41) is 12.8. The zero-order valence-electron chi connectivity index (χ0n) is 10.9. The second kappa shape index (κ2) is 6.66. The molecule has 1 aliphatic carbocycles. The lowest BCUT2D eigenvalue weighted by Crippen LogP contribution is -2.43. The lowest BCUT2D eigenvalue weighted by Gasteiger charge is -2.21. The van der Waals surface area contributed by atoms with Gasteiger partial charge in [0.05, 0.1) is 18.6 Å².